The molecule has 0 fully saturated rings. The lowest BCUT2D eigenvalue weighted by Gasteiger charge is -2.17. The van der Waals surface area contributed by atoms with Gasteiger partial charge in [0.05, 0.1) is 39.9 Å². The highest BCUT2D eigenvalue weighted by molar-refractivity contribution is 7.91. The molecule has 0 atom stereocenters. The lowest BCUT2D eigenvalue weighted by molar-refractivity contribution is 0.201. The summed E-state index contributed by atoms with van der Waals surface area (Å²) in [5, 5.41) is 1.51. The average Bonchev–Trinajstić information content (AvgIpc) is 2.87. The third-order valence-electron chi connectivity index (χ3n) is 4.42. The van der Waals surface area contributed by atoms with Crippen LogP contribution in [-0.4, -0.2) is 22.6 Å². The Morgan fingerprint density at radius 2 is 1.21 bits per heavy atom. The molecule has 17 heteroatoms. The number of phosphoric ester groups is 1. The molecule has 0 aromatic heterocycles. The Balaban J connectivity index is 0.000000380. The summed E-state index contributed by atoms with van der Waals surface area (Å²) in [5.74, 6) is -0.0164. The van der Waals surface area contributed by atoms with Crippen molar-refractivity contribution in [2.45, 2.75) is 9.79 Å². The molecule has 0 aliphatic rings. The SMILES string of the molecule is COP(=O)(OC)O/C(=C\Cl)c1cc(Cl)c(Cl)cc1Cl.N.O=S(=O)(c1ccc(Cl)cc1)c1cc(Cl)c(Cl)cc1Cl. The van der Waals surface area contributed by atoms with Gasteiger partial charge in [-0.3, -0.25) is 9.05 Å². The van der Waals surface area contributed by atoms with Crippen LogP contribution in [0, 0.1) is 0 Å². The molecular formula is C22H18Cl8NO6PS. The molecule has 0 saturated heterocycles. The minimum absolute atomic E-state index is 0. The van der Waals surface area contributed by atoms with E-state index in [-0.39, 0.29) is 51.8 Å². The van der Waals surface area contributed by atoms with Crippen molar-refractivity contribution in [3.8, 4) is 0 Å². The van der Waals surface area contributed by atoms with Gasteiger partial charge in [0.1, 0.15) is 0 Å². The van der Waals surface area contributed by atoms with Crippen LogP contribution >= 0.6 is 101 Å². The van der Waals surface area contributed by atoms with E-state index in [1.807, 2.05) is 0 Å². The summed E-state index contributed by atoms with van der Waals surface area (Å²) in [4.78, 5) is -0.0110. The zero-order valence-corrected chi connectivity index (χ0v) is 27.5. The number of hydrogen-bond donors (Lipinski definition) is 1. The largest absolute Gasteiger partial charge is 0.529 e. The van der Waals surface area contributed by atoms with Crippen LogP contribution < -0.4 is 6.15 Å². The molecule has 0 amide bonds. The van der Waals surface area contributed by atoms with Gasteiger partial charge < -0.3 is 10.7 Å². The van der Waals surface area contributed by atoms with Crippen molar-refractivity contribution >= 4 is 116 Å². The first-order chi connectivity index (χ1) is 17.7. The Kier molecular flexibility index (Phi) is 14.7. The molecule has 7 nitrogen and oxygen atoms in total. The van der Waals surface area contributed by atoms with E-state index in [0.29, 0.717) is 10.6 Å². The Morgan fingerprint density at radius 1 is 0.744 bits per heavy atom. The van der Waals surface area contributed by atoms with Crippen LogP contribution in [0.5, 0.6) is 0 Å². The van der Waals surface area contributed by atoms with E-state index in [2.05, 4.69) is 9.05 Å². The quantitative estimate of drug-likeness (QED) is 0.146. The predicted molar refractivity (Wildman–Crippen MR) is 161 cm³/mol. The molecule has 0 unspecified atom stereocenters. The third-order valence-corrected chi connectivity index (χ3v) is 10.2. The lowest BCUT2D eigenvalue weighted by atomic mass is 10.2. The molecule has 0 radical (unpaired) electrons. The van der Waals surface area contributed by atoms with E-state index >= 15 is 0 Å². The maximum Gasteiger partial charge on any atom is 0.529 e. The minimum Gasteiger partial charge on any atom is -0.402 e. The van der Waals surface area contributed by atoms with Gasteiger partial charge in [0, 0.05) is 30.3 Å². The van der Waals surface area contributed by atoms with Gasteiger partial charge in [-0.25, -0.2) is 13.0 Å². The highest BCUT2D eigenvalue weighted by Gasteiger charge is 2.27. The van der Waals surface area contributed by atoms with Gasteiger partial charge >= 0.3 is 7.82 Å². The van der Waals surface area contributed by atoms with Gasteiger partial charge in [0.25, 0.3) is 0 Å². The van der Waals surface area contributed by atoms with Crippen LogP contribution in [0.1, 0.15) is 5.56 Å². The molecular weight excluding hydrogens is 721 g/mol. The molecule has 214 valence electrons. The standard InChI is InChI=1S/C12H6Cl4O2S.C10H9Cl4O4P.H3N/c13-7-1-3-8(4-2-7)19(17,18)12-6-10(15)9(14)5-11(12)16;1-16-19(15,17-2)18-10(5-11)6-3-8(13)9(14)4-7(6)12;/h1-6H;3-5H,1-2H3;1H3/b;10-5-;. The highest BCUT2D eigenvalue weighted by Crippen LogP contribution is 2.52. The van der Waals surface area contributed by atoms with Gasteiger partial charge in [0.15, 0.2) is 5.76 Å². The summed E-state index contributed by atoms with van der Waals surface area (Å²) < 4.78 is 51.1. The molecule has 3 aromatic rings. The van der Waals surface area contributed by atoms with Crippen molar-refractivity contribution in [2.75, 3.05) is 14.2 Å². The molecule has 0 bridgehead atoms. The second-order valence-corrected chi connectivity index (χ2v) is 13.6. The maximum absolute atomic E-state index is 12.4. The first kappa shape index (κ1) is 36.6. The number of phosphoric acid groups is 1. The molecule has 39 heavy (non-hydrogen) atoms. The minimum atomic E-state index is -3.76. The number of halogens is 8. The van der Waals surface area contributed by atoms with Gasteiger partial charge in [-0.15, -0.1) is 0 Å². The number of sulfone groups is 1. The van der Waals surface area contributed by atoms with Gasteiger partial charge in [-0.2, -0.15) is 0 Å². The van der Waals surface area contributed by atoms with Crippen molar-refractivity contribution in [1.82, 2.24) is 6.15 Å². The highest BCUT2D eigenvalue weighted by atomic mass is 35.5. The lowest BCUT2D eigenvalue weighted by Crippen LogP contribution is -2.02. The van der Waals surface area contributed by atoms with Crippen LogP contribution in [-0.2, 0) is 28.0 Å². The normalized spacial score (nSPS) is 11.8. The monoisotopic (exact) mass is 735 g/mol. The van der Waals surface area contributed by atoms with Crippen molar-refractivity contribution < 1.29 is 26.6 Å². The van der Waals surface area contributed by atoms with Crippen LogP contribution in [0.3, 0.4) is 0 Å². The third kappa shape index (κ3) is 9.55. The molecule has 3 N–H and O–H groups in total. The van der Waals surface area contributed by atoms with Crippen molar-refractivity contribution in [2.24, 2.45) is 0 Å². The summed E-state index contributed by atoms with van der Waals surface area (Å²) in [5.41, 5.74) is 1.34. The van der Waals surface area contributed by atoms with Gasteiger partial charge in [-0.1, -0.05) is 92.8 Å². The number of benzene rings is 3. The predicted octanol–water partition coefficient (Wildman–Crippen LogP) is 10.9. The van der Waals surface area contributed by atoms with Crippen LogP contribution in [0.15, 0.2) is 63.9 Å². The Hall–Kier alpha value is -0.420. The van der Waals surface area contributed by atoms with Gasteiger partial charge in [-0.05, 0) is 48.5 Å². The van der Waals surface area contributed by atoms with Crippen molar-refractivity contribution in [1.29, 1.82) is 0 Å². The Labute approximate surface area is 265 Å². The van der Waals surface area contributed by atoms with E-state index < -0.39 is 17.7 Å². The Morgan fingerprint density at radius 3 is 1.69 bits per heavy atom. The summed E-state index contributed by atoms with van der Waals surface area (Å²) >= 11 is 46.6. The molecule has 0 saturated carbocycles. The summed E-state index contributed by atoms with van der Waals surface area (Å²) in [7, 11) is -5.17. The fourth-order valence-corrected chi connectivity index (χ4v) is 6.49. The topological polar surface area (TPSA) is 114 Å². The summed E-state index contributed by atoms with van der Waals surface area (Å²) in [6, 6.07) is 11.1. The Bertz CT molecular complexity index is 1500. The van der Waals surface area contributed by atoms with Crippen LogP contribution in [0.2, 0.25) is 35.2 Å². The van der Waals surface area contributed by atoms with E-state index in [9.17, 15) is 13.0 Å². The average molecular weight is 739 g/mol. The zero-order valence-electron chi connectivity index (χ0n) is 19.7. The van der Waals surface area contributed by atoms with E-state index in [1.54, 1.807) is 0 Å². The van der Waals surface area contributed by atoms with E-state index in [0.717, 1.165) is 5.54 Å². The maximum atomic E-state index is 12.4. The zero-order chi connectivity index (χ0) is 28.8. The second kappa shape index (κ2) is 15.7. The fourth-order valence-electron chi connectivity index (χ4n) is 2.56. The second-order valence-electron chi connectivity index (χ2n) is 6.78. The number of rotatable bonds is 7. The molecule has 3 aromatic carbocycles. The number of hydrogen-bond acceptors (Lipinski definition) is 7. The van der Waals surface area contributed by atoms with E-state index in [1.165, 1.54) is 62.8 Å². The molecule has 0 aliphatic carbocycles. The molecule has 0 spiro atoms. The fraction of sp³-hybridized carbons (Fsp3) is 0.0909. The first-order valence-electron chi connectivity index (χ1n) is 9.70. The summed E-state index contributed by atoms with van der Waals surface area (Å²) in [6.45, 7) is 0. The van der Waals surface area contributed by atoms with E-state index in [4.69, 9.17) is 97.3 Å². The molecule has 0 aliphatic heterocycles. The van der Waals surface area contributed by atoms with Crippen LogP contribution in [0.4, 0.5) is 0 Å². The van der Waals surface area contributed by atoms with Crippen molar-refractivity contribution in [3.63, 3.8) is 0 Å². The van der Waals surface area contributed by atoms with Gasteiger partial charge in [0.2, 0.25) is 9.84 Å². The van der Waals surface area contributed by atoms with Crippen molar-refractivity contribution in [3.05, 3.63) is 94.8 Å². The smallest absolute Gasteiger partial charge is 0.402 e. The van der Waals surface area contributed by atoms with Crippen LogP contribution in [0.25, 0.3) is 5.76 Å². The molecule has 0 heterocycles. The molecule has 3 rings (SSSR count). The summed E-state index contributed by atoms with van der Waals surface area (Å²) in [6.07, 6.45) is 0. The first-order valence-corrected chi connectivity index (χ1v) is 15.7.